The maximum Gasteiger partial charge on any atom is 0.475 e. The number of rotatable bonds is 38. The molecule has 0 radical (unpaired) electrons. The van der Waals surface area contributed by atoms with Gasteiger partial charge >= 0.3 is 13.8 Å². The molecule has 8 nitrogen and oxygen atoms in total. The van der Waals surface area contributed by atoms with Crippen LogP contribution in [-0.2, 0) is 27.9 Å². The number of carbonyl (C=O) groups is 1. The number of ether oxygens (including phenoxy) is 2. The molecule has 0 heterocycles. The second-order valence-electron chi connectivity index (χ2n) is 14.0. The van der Waals surface area contributed by atoms with Gasteiger partial charge in [-0.15, -0.1) is 0 Å². The number of phosphoric acid groups is 1. The summed E-state index contributed by atoms with van der Waals surface area (Å²) in [7, 11) is -4.48. The summed E-state index contributed by atoms with van der Waals surface area (Å²) < 4.78 is 34.4. The van der Waals surface area contributed by atoms with Crippen LogP contribution in [0.3, 0.4) is 0 Å². The van der Waals surface area contributed by atoms with Crippen LogP contribution in [0.15, 0.2) is 0 Å². The fraction of sp³-hybridized carbons (Fsp3) is 0.974. The van der Waals surface area contributed by atoms with Crippen molar-refractivity contribution in [1.29, 1.82) is 0 Å². The summed E-state index contributed by atoms with van der Waals surface area (Å²) in [4.78, 5) is 23.4. The SMILES string of the molecule is CCCCCCCCCCCCCCCCO[C@@H](C)C(OC(=O)C(CC)CCCCCCCCCCCCCC)OP(=O)(O)OCCN. The number of esters is 1. The monoisotopic (exact) mass is 706 g/mol. The summed E-state index contributed by atoms with van der Waals surface area (Å²) in [6, 6.07) is 0. The number of phosphoric ester groups is 1. The van der Waals surface area contributed by atoms with Gasteiger partial charge in [0.1, 0.15) is 6.10 Å². The van der Waals surface area contributed by atoms with Crippen LogP contribution < -0.4 is 5.73 Å². The highest BCUT2D eigenvalue weighted by molar-refractivity contribution is 7.47. The molecule has 0 spiro atoms. The highest BCUT2D eigenvalue weighted by atomic mass is 31.2. The molecule has 0 aliphatic heterocycles. The van der Waals surface area contributed by atoms with Gasteiger partial charge in [-0.3, -0.25) is 9.32 Å². The largest absolute Gasteiger partial charge is 0.475 e. The highest BCUT2D eigenvalue weighted by Crippen LogP contribution is 2.45. The van der Waals surface area contributed by atoms with Gasteiger partial charge in [-0.2, -0.15) is 0 Å². The van der Waals surface area contributed by atoms with Crippen LogP contribution in [0.2, 0.25) is 0 Å². The normalized spacial score (nSPS) is 14.9. The molecule has 0 aliphatic rings. The van der Waals surface area contributed by atoms with Crippen molar-refractivity contribution in [1.82, 2.24) is 0 Å². The van der Waals surface area contributed by atoms with E-state index in [1.54, 1.807) is 6.92 Å². The lowest BCUT2D eigenvalue weighted by Crippen LogP contribution is -2.35. The van der Waals surface area contributed by atoms with E-state index in [4.69, 9.17) is 24.3 Å². The Morgan fingerprint density at radius 1 is 0.625 bits per heavy atom. The quantitative estimate of drug-likeness (QED) is 0.0282. The zero-order valence-electron chi connectivity index (χ0n) is 32.1. The Kier molecular flexibility index (Phi) is 34.6. The average Bonchev–Trinajstić information content (AvgIpc) is 3.07. The first-order valence-electron chi connectivity index (χ1n) is 20.5. The zero-order chi connectivity index (χ0) is 35.6. The van der Waals surface area contributed by atoms with Crippen molar-refractivity contribution < 1.29 is 32.8 Å². The third kappa shape index (κ3) is 30.3. The van der Waals surface area contributed by atoms with Crippen LogP contribution in [0.5, 0.6) is 0 Å². The Hall–Kier alpha value is -0.500. The standard InChI is InChI=1S/C39H80NO7P/c1-5-8-10-12-14-16-18-20-21-23-25-27-29-31-34-44-36(4)39(47-48(42,43)45-35-33-40)46-38(41)37(7-3)32-30-28-26-24-22-19-17-15-13-11-9-6-2/h36-37,39H,5-35,40H2,1-4H3,(H,42,43)/t36-,37?,39?/m0/s1. The molecular weight excluding hydrogens is 625 g/mol. The summed E-state index contributed by atoms with van der Waals surface area (Å²) in [6.45, 7) is 8.59. The first-order chi connectivity index (χ1) is 23.3. The molecule has 3 unspecified atom stereocenters. The first-order valence-corrected chi connectivity index (χ1v) is 22.0. The molecule has 0 saturated carbocycles. The van der Waals surface area contributed by atoms with E-state index in [9.17, 15) is 14.3 Å². The molecular formula is C39H80NO7P. The molecule has 9 heteroatoms. The molecule has 0 aromatic carbocycles. The summed E-state index contributed by atoms with van der Waals surface area (Å²) in [5.74, 6) is -0.711. The number of carbonyl (C=O) groups excluding carboxylic acids is 1. The van der Waals surface area contributed by atoms with Crippen LogP contribution in [0.25, 0.3) is 0 Å². The van der Waals surface area contributed by atoms with Crippen LogP contribution in [0.4, 0.5) is 0 Å². The van der Waals surface area contributed by atoms with E-state index in [0.29, 0.717) is 13.0 Å². The fourth-order valence-corrected chi connectivity index (χ4v) is 6.98. The second kappa shape index (κ2) is 34.9. The van der Waals surface area contributed by atoms with E-state index in [1.165, 1.54) is 141 Å². The Morgan fingerprint density at radius 3 is 1.42 bits per heavy atom. The molecule has 0 bridgehead atoms. The predicted molar refractivity (Wildman–Crippen MR) is 201 cm³/mol. The van der Waals surface area contributed by atoms with E-state index in [2.05, 4.69) is 13.8 Å². The maximum absolute atomic E-state index is 13.1. The summed E-state index contributed by atoms with van der Waals surface area (Å²) in [5.41, 5.74) is 5.43. The Balaban J connectivity index is 4.40. The lowest BCUT2D eigenvalue weighted by molar-refractivity contribution is -0.192. The molecule has 48 heavy (non-hydrogen) atoms. The Morgan fingerprint density at radius 2 is 1.02 bits per heavy atom. The predicted octanol–water partition coefficient (Wildman–Crippen LogP) is 12.0. The minimum absolute atomic E-state index is 0.0699. The van der Waals surface area contributed by atoms with Crippen molar-refractivity contribution in [2.24, 2.45) is 11.7 Å². The Labute approximate surface area is 297 Å². The van der Waals surface area contributed by atoms with Gasteiger partial charge in [0.25, 0.3) is 0 Å². The molecule has 0 amide bonds. The van der Waals surface area contributed by atoms with Crippen molar-refractivity contribution in [3.05, 3.63) is 0 Å². The minimum atomic E-state index is -4.48. The smallest absolute Gasteiger partial charge is 0.432 e. The van der Waals surface area contributed by atoms with E-state index < -0.39 is 26.2 Å². The molecule has 288 valence electrons. The van der Waals surface area contributed by atoms with E-state index in [1.807, 2.05) is 6.92 Å². The molecule has 0 saturated heterocycles. The van der Waals surface area contributed by atoms with Gasteiger partial charge in [-0.1, -0.05) is 181 Å². The van der Waals surface area contributed by atoms with E-state index in [0.717, 1.165) is 32.1 Å². The van der Waals surface area contributed by atoms with Gasteiger partial charge in [0.2, 0.25) is 6.29 Å². The van der Waals surface area contributed by atoms with Gasteiger partial charge in [0.05, 0.1) is 12.5 Å². The van der Waals surface area contributed by atoms with Crippen molar-refractivity contribution in [3.63, 3.8) is 0 Å². The molecule has 0 aliphatic carbocycles. The molecule has 3 N–H and O–H groups in total. The van der Waals surface area contributed by atoms with Crippen LogP contribution >= 0.6 is 7.82 Å². The second-order valence-corrected chi connectivity index (χ2v) is 15.4. The fourth-order valence-electron chi connectivity index (χ4n) is 6.11. The minimum Gasteiger partial charge on any atom is -0.432 e. The maximum atomic E-state index is 13.1. The van der Waals surface area contributed by atoms with Crippen LogP contribution in [-0.4, -0.2) is 43.0 Å². The number of unbranched alkanes of at least 4 members (excludes halogenated alkanes) is 24. The van der Waals surface area contributed by atoms with Crippen LogP contribution in [0, 0.1) is 5.92 Å². The first kappa shape index (κ1) is 47.5. The summed E-state index contributed by atoms with van der Waals surface area (Å²) >= 11 is 0. The molecule has 0 fully saturated rings. The van der Waals surface area contributed by atoms with Crippen molar-refractivity contribution in [2.45, 2.75) is 220 Å². The van der Waals surface area contributed by atoms with E-state index in [-0.39, 0.29) is 19.1 Å². The third-order valence-electron chi connectivity index (χ3n) is 9.34. The van der Waals surface area contributed by atoms with Crippen molar-refractivity contribution >= 4 is 13.8 Å². The van der Waals surface area contributed by atoms with Crippen LogP contribution in [0.1, 0.15) is 207 Å². The zero-order valence-corrected chi connectivity index (χ0v) is 33.0. The average molecular weight is 706 g/mol. The van der Waals surface area contributed by atoms with Gasteiger partial charge in [0, 0.05) is 13.2 Å². The topological polar surface area (TPSA) is 117 Å². The van der Waals surface area contributed by atoms with Gasteiger partial charge in [-0.25, -0.2) is 9.09 Å². The molecule has 0 rings (SSSR count). The lowest BCUT2D eigenvalue weighted by atomic mass is 9.97. The number of nitrogens with two attached hydrogens (primary N) is 1. The van der Waals surface area contributed by atoms with E-state index >= 15 is 0 Å². The molecule has 4 atom stereocenters. The van der Waals surface area contributed by atoms with Gasteiger partial charge in [0.15, 0.2) is 0 Å². The summed E-state index contributed by atoms with van der Waals surface area (Å²) in [6.07, 6.45) is 32.4. The summed E-state index contributed by atoms with van der Waals surface area (Å²) in [5, 5.41) is 0. The number of hydrogen-bond donors (Lipinski definition) is 2. The molecule has 0 aromatic rings. The Bertz CT molecular complexity index is 741. The van der Waals surface area contributed by atoms with Crippen molar-refractivity contribution in [3.8, 4) is 0 Å². The third-order valence-corrected chi connectivity index (χ3v) is 10.3. The van der Waals surface area contributed by atoms with Crippen molar-refractivity contribution in [2.75, 3.05) is 19.8 Å². The lowest BCUT2D eigenvalue weighted by Gasteiger charge is -2.27. The van der Waals surface area contributed by atoms with Gasteiger partial charge in [-0.05, 0) is 26.2 Å². The number of hydrogen-bond acceptors (Lipinski definition) is 7. The molecule has 0 aromatic heterocycles. The highest BCUT2D eigenvalue weighted by Gasteiger charge is 2.34. The van der Waals surface area contributed by atoms with Gasteiger partial charge < -0.3 is 20.1 Å².